The molecule has 0 N–H and O–H groups in total. The molecule has 2 aliphatic rings. The third kappa shape index (κ3) is 11.9. The molecule has 4 heterocycles. The Hall–Kier alpha value is -1.86. The van der Waals surface area contributed by atoms with Gasteiger partial charge >= 0.3 is 0 Å². The number of aryl methyl sites for hydroxylation is 2. The lowest BCUT2D eigenvalue weighted by Gasteiger charge is -2.43. The highest BCUT2D eigenvalue weighted by atomic mass is 16.7. The van der Waals surface area contributed by atoms with Crippen LogP contribution in [0.4, 0.5) is 0 Å². The number of aromatic nitrogens is 2. The monoisotopic (exact) mass is 596 g/mol. The van der Waals surface area contributed by atoms with Crippen molar-refractivity contribution in [3.63, 3.8) is 0 Å². The third-order valence-corrected chi connectivity index (χ3v) is 9.08. The first-order chi connectivity index (χ1) is 21.2. The SMILES string of the molecule is CCCCCCCCCC[n+]1ccc(C2OCC3(CO2)COC(c2cc[n+](CCCCCCCCCC)cc2)OC3)cc1. The molecule has 2 aromatic rings. The molecule has 2 saturated heterocycles. The molecule has 240 valence electrons. The fourth-order valence-electron chi connectivity index (χ4n) is 6.15. The Bertz CT molecular complexity index is 896. The molecule has 6 heteroatoms. The molecule has 0 atom stereocenters. The summed E-state index contributed by atoms with van der Waals surface area (Å²) in [5.74, 6) is 0. The second-order valence-corrected chi connectivity index (χ2v) is 13.1. The maximum Gasteiger partial charge on any atom is 0.184 e. The standard InChI is InChI=1S/C37H60N2O4/c1-3-5-7-9-11-13-15-17-23-38-25-19-33(20-26-38)35-40-29-37(30-41-35)31-42-36(43-32-37)34-21-27-39(28-22-34)24-18-16-14-12-10-8-6-4-2/h19-22,25-28,35-36H,3-18,23-24,29-32H2,1-2H3/q+2. The Morgan fingerprint density at radius 3 is 1.12 bits per heavy atom. The predicted molar refractivity (Wildman–Crippen MR) is 170 cm³/mol. The summed E-state index contributed by atoms with van der Waals surface area (Å²) < 4.78 is 29.3. The largest absolute Gasteiger partial charge is 0.348 e. The van der Waals surface area contributed by atoms with Crippen molar-refractivity contribution in [2.45, 2.75) is 142 Å². The molecule has 0 amide bonds. The van der Waals surface area contributed by atoms with Gasteiger partial charge < -0.3 is 18.9 Å². The highest BCUT2D eigenvalue weighted by molar-refractivity contribution is 5.11. The first kappa shape index (κ1) is 34.0. The van der Waals surface area contributed by atoms with Crippen molar-refractivity contribution in [2.24, 2.45) is 5.41 Å². The number of unbranched alkanes of at least 4 members (excludes halogenated alkanes) is 14. The molecule has 2 fully saturated rings. The van der Waals surface area contributed by atoms with Crippen molar-refractivity contribution in [3.8, 4) is 0 Å². The molecule has 0 saturated carbocycles. The summed E-state index contributed by atoms with van der Waals surface area (Å²) >= 11 is 0. The van der Waals surface area contributed by atoms with Crippen LogP contribution in [-0.4, -0.2) is 26.4 Å². The van der Waals surface area contributed by atoms with Gasteiger partial charge in [0.05, 0.1) is 31.8 Å². The Balaban J connectivity index is 1.09. The molecular weight excluding hydrogens is 536 g/mol. The zero-order valence-electron chi connectivity index (χ0n) is 27.4. The van der Waals surface area contributed by atoms with Gasteiger partial charge in [-0.2, -0.15) is 0 Å². The number of hydrogen-bond donors (Lipinski definition) is 0. The van der Waals surface area contributed by atoms with E-state index < -0.39 is 0 Å². The molecule has 1 spiro atoms. The number of ether oxygens (including phenoxy) is 4. The fraction of sp³-hybridized carbons (Fsp3) is 0.730. The summed E-state index contributed by atoms with van der Waals surface area (Å²) in [7, 11) is 0. The van der Waals surface area contributed by atoms with E-state index in [4.69, 9.17) is 18.9 Å². The van der Waals surface area contributed by atoms with Crippen LogP contribution in [0.25, 0.3) is 0 Å². The molecule has 2 aromatic heterocycles. The van der Waals surface area contributed by atoms with E-state index in [1.54, 1.807) is 0 Å². The van der Waals surface area contributed by atoms with Crippen LogP contribution in [0.1, 0.15) is 140 Å². The van der Waals surface area contributed by atoms with Crippen molar-refractivity contribution < 1.29 is 28.1 Å². The molecular formula is C37H60N2O4+2. The van der Waals surface area contributed by atoms with E-state index in [0.717, 1.165) is 24.2 Å². The maximum absolute atomic E-state index is 6.19. The van der Waals surface area contributed by atoms with E-state index in [0.29, 0.717) is 26.4 Å². The Morgan fingerprint density at radius 2 is 0.791 bits per heavy atom. The van der Waals surface area contributed by atoms with Crippen LogP contribution in [0.3, 0.4) is 0 Å². The fourth-order valence-corrected chi connectivity index (χ4v) is 6.15. The van der Waals surface area contributed by atoms with E-state index in [2.05, 4.69) is 72.0 Å². The Labute approximate surface area is 262 Å². The van der Waals surface area contributed by atoms with Gasteiger partial charge in [0, 0.05) is 48.2 Å². The highest BCUT2D eigenvalue weighted by Crippen LogP contribution is 2.37. The van der Waals surface area contributed by atoms with Crippen molar-refractivity contribution >= 4 is 0 Å². The smallest absolute Gasteiger partial charge is 0.184 e. The lowest BCUT2D eigenvalue weighted by molar-refractivity contribution is -0.697. The van der Waals surface area contributed by atoms with Gasteiger partial charge in [-0.1, -0.05) is 90.9 Å². The van der Waals surface area contributed by atoms with Crippen LogP contribution in [0.5, 0.6) is 0 Å². The molecule has 2 aliphatic heterocycles. The predicted octanol–water partition coefficient (Wildman–Crippen LogP) is 8.32. The second-order valence-electron chi connectivity index (χ2n) is 13.1. The average molecular weight is 597 g/mol. The highest BCUT2D eigenvalue weighted by Gasteiger charge is 2.42. The summed E-state index contributed by atoms with van der Waals surface area (Å²) in [5.41, 5.74) is 1.90. The minimum absolute atomic E-state index is 0.247. The van der Waals surface area contributed by atoms with Gasteiger partial charge in [-0.25, -0.2) is 9.13 Å². The molecule has 0 unspecified atom stereocenters. The molecule has 6 nitrogen and oxygen atoms in total. The number of rotatable bonds is 20. The first-order valence-electron chi connectivity index (χ1n) is 17.7. The summed E-state index contributed by atoms with van der Waals surface area (Å²) in [5, 5.41) is 0. The van der Waals surface area contributed by atoms with E-state index in [1.807, 2.05) is 0 Å². The van der Waals surface area contributed by atoms with Crippen LogP contribution in [0, 0.1) is 5.41 Å². The quantitative estimate of drug-likeness (QED) is 0.114. The first-order valence-corrected chi connectivity index (χ1v) is 17.7. The summed E-state index contributed by atoms with van der Waals surface area (Å²) in [4.78, 5) is 0. The molecule has 0 aliphatic carbocycles. The summed E-state index contributed by atoms with van der Waals surface area (Å²) in [6.07, 6.45) is 29.5. The van der Waals surface area contributed by atoms with Gasteiger partial charge in [-0.05, 0) is 12.8 Å². The van der Waals surface area contributed by atoms with Crippen molar-refractivity contribution in [3.05, 3.63) is 60.2 Å². The topological polar surface area (TPSA) is 44.7 Å². The van der Waals surface area contributed by atoms with E-state index in [9.17, 15) is 0 Å². The number of hydrogen-bond acceptors (Lipinski definition) is 4. The maximum atomic E-state index is 6.19. The zero-order valence-corrected chi connectivity index (χ0v) is 27.4. The van der Waals surface area contributed by atoms with Gasteiger partial charge in [-0.3, -0.25) is 0 Å². The van der Waals surface area contributed by atoms with Crippen LogP contribution < -0.4 is 9.13 Å². The van der Waals surface area contributed by atoms with Gasteiger partial charge in [-0.15, -0.1) is 0 Å². The Morgan fingerprint density at radius 1 is 0.488 bits per heavy atom. The minimum Gasteiger partial charge on any atom is -0.348 e. The normalized spacial score (nSPS) is 22.3. The molecule has 4 rings (SSSR count). The van der Waals surface area contributed by atoms with Crippen LogP contribution >= 0.6 is 0 Å². The lowest BCUT2D eigenvalue weighted by atomic mass is 9.90. The summed E-state index contributed by atoms with van der Waals surface area (Å²) in [6, 6.07) is 8.53. The van der Waals surface area contributed by atoms with E-state index >= 15 is 0 Å². The second kappa shape index (κ2) is 19.5. The van der Waals surface area contributed by atoms with Gasteiger partial charge in [0.2, 0.25) is 0 Å². The van der Waals surface area contributed by atoms with E-state index in [-0.39, 0.29) is 18.0 Å². The van der Waals surface area contributed by atoms with Gasteiger partial charge in [0.25, 0.3) is 0 Å². The Kier molecular flexibility index (Phi) is 15.4. The van der Waals surface area contributed by atoms with Crippen molar-refractivity contribution in [1.29, 1.82) is 0 Å². The molecule has 43 heavy (non-hydrogen) atoms. The van der Waals surface area contributed by atoms with Crippen LogP contribution in [-0.2, 0) is 32.0 Å². The van der Waals surface area contributed by atoms with E-state index in [1.165, 1.54) is 103 Å². The lowest BCUT2D eigenvalue weighted by Crippen LogP contribution is -2.49. The molecule has 0 aromatic carbocycles. The average Bonchev–Trinajstić information content (AvgIpc) is 3.05. The van der Waals surface area contributed by atoms with Gasteiger partial charge in [0.1, 0.15) is 13.1 Å². The number of pyridine rings is 2. The zero-order chi connectivity index (χ0) is 30.0. The van der Waals surface area contributed by atoms with Crippen LogP contribution in [0.2, 0.25) is 0 Å². The minimum atomic E-state index is -0.327. The summed E-state index contributed by atoms with van der Waals surface area (Å²) in [6.45, 7) is 8.99. The third-order valence-electron chi connectivity index (χ3n) is 9.08. The molecule has 0 radical (unpaired) electrons. The number of nitrogens with zero attached hydrogens (tertiary/aromatic N) is 2. The molecule has 0 bridgehead atoms. The van der Waals surface area contributed by atoms with Gasteiger partial charge in [0.15, 0.2) is 37.4 Å². The van der Waals surface area contributed by atoms with Crippen molar-refractivity contribution in [1.82, 2.24) is 0 Å². The van der Waals surface area contributed by atoms with Crippen molar-refractivity contribution in [2.75, 3.05) is 26.4 Å². The van der Waals surface area contributed by atoms with Crippen LogP contribution in [0.15, 0.2) is 49.1 Å².